The lowest BCUT2D eigenvalue weighted by Gasteiger charge is -2.17. The Labute approximate surface area is 174 Å². The fraction of sp³-hybridized carbons (Fsp3) is 0.250. The minimum absolute atomic E-state index is 0. The number of rotatable bonds is 6. The van der Waals surface area contributed by atoms with Crippen LogP contribution in [0.5, 0.6) is 5.75 Å². The van der Waals surface area contributed by atoms with E-state index in [9.17, 15) is 4.39 Å². The smallest absolute Gasteiger partial charge is 0.233 e. The zero-order chi connectivity index (χ0) is 19.3. The maximum absolute atomic E-state index is 13.2. The van der Waals surface area contributed by atoms with E-state index in [-0.39, 0.29) is 18.2 Å². The molecule has 0 radical (unpaired) electrons. The number of aromatic nitrogens is 3. The molecule has 0 atom stereocenters. The van der Waals surface area contributed by atoms with Gasteiger partial charge in [-0.25, -0.2) is 4.39 Å². The largest absolute Gasteiger partial charge is 0.497 e. The molecule has 0 bridgehead atoms. The van der Waals surface area contributed by atoms with Crippen molar-refractivity contribution in [3.63, 3.8) is 0 Å². The van der Waals surface area contributed by atoms with Crippen LogP contribution >= 0.6 is 12.4 Å². The highest BCUT2D eigenvalue weighted by molar-refractivity contribution is 5.85. The van der Waals surface area contributed by atoms with E-state index in [2.05, 4.69) is 30.5 Å². The minimum atomic E-state index is -0.291. The van der Waals surface area contributed by atoms with Gasteiger partial charge in [0.05, 0.1) is 7.11 Å². The Balaban J connectivity index is 0.00000240. The number of hydrogen-bond donors (Lipinski definition) is 2. The van der Waals surface area contributed by atoms with Crippen molar-refractivity contribution in [1.82, 2.24) is 15.0 Å². The van der Waals surface area contributed by atoms with E-state index in [1.807, 2.05) is 24.3 Å². The predicted molar refractivity (Wildman–Crippen MR) is 114 cm³/mol. The molecule has 3 aromatic rings. The zero-order valence-electron chi connectivity index (χ0n) is 15.9. The van der Waals surface area contributed by atoms with E-state index in [1.165, 1.54) is 12.1 Å². The van der Waals surface area contributed by atoms with Gasteiger partial charge in [0, 0.05) is 24.5 Å². The fourth-order valence-electron chi connectivity index (χ4n) is 3.00. The normalized spacial score (nSPS) is 13.0. The van der Waals surface area contributed by atoms with Crippen LogP contribution in [0, 0.1) is 5.82 Å². The summed E-state index contributed by atoms with van der Waals surface area (Å²) in [5, 5.41) is 6.33. The first-order valence-corrected chi connectivity index (χ1v) is 9.14. The Morgan fingerprint density at radius 3 is 1.86 bits per heavy atom. The molecule has 29 heavy (non-hydrogen) atoms. The molecule has 0 amide bonds. The minimum Gasteiger partial charge on any atom is -0.497 e. The van der Waals surface area contributed by atoms with Gasteiger partial charge in [0.1, 0.15) is 11.6 Å². The van der Waals surface area contributed by atoms with Crippen molar-refractivity contribution in [2.45, 2.75) is 12.8 Å². The Kier molecular flexibility index (Phi) is 6.66. The summed E-state index contributed by atoms with van der Waals surface area (Å²) in [7, 11) is 1.63. The average Bonchev–Trinajstić information content (AvgIpc) is 3.25. The maximum atomic E-state index is 13.2. The third-order valence-electron chi connectivity index (χ3n) is 4.46. The highest BCUT2D eigenvalue weighted by atomic mass is 35.5. The monoisotopic (exact) mass is 416 g/mol. The van der Waals surface area contributed by atoms with Crippen molar-refractivity contribution in [3.8, 4) is 5.75 Å². The summed E-state index contributed by atoms with van der Waals surface area (Å²) in [6, 6.07) is 13.6. The van der Waals surface area contributed by atoms with Gasteiger partial charge < -0.3 is 20.3 Å². The van der Waals surface area contributed by atoms with Gasteiger partial charge in [-0.2, -0.15) is 15.0 Å². The maximum Gasteiger partial charge on any atom is 0.233 e. The molecule has 0 unspecified atom stereocenters. The molecule has 1 aliphatic rings. The molecule has 4 rings (SSSR count). The van der Waals surface area contributed by atoms with Gasteiger partial charge in [0.15, 0.2) is 0 Å². The van der Waals surface area contributed by atoms with Crippen molar-refractivity contribution in [2.75, 3.05) is 35.7 Å². The van der Waals surface area contributed by atoms with Gasteiger partial charge in [0.2, 0.25) is 17.8 Å². The van der Waals surface area contributed by atoms with Gasteiger partial charge in [-0.1, -0.05) is 0 Å². The summed E-state index contributed by atoms with van der Waals surface area (Å²) in [6.07, 6.45) is 2.24. The first kappa shape index (κ1) is 20.6. The van der Waals surface area contributed by atoms with Gasteiger partial charge in [-0.3, -0.25) is 0 Å². The number of ether oxygens (including phenoxy) is 1. The van der Waals surface area contributed by atoms with Gasteiger partial charge >= 0.3 is 0 Å². The number of hydrogen-bond acceptors (Lipinski definition) is 7. The van der Waals surface area contributed by atoms with Crippen molar-refractivity contribution >= 4 is 41.6 Å². The van der Waals surface area contributed by atoms with Crippen molar-refractivity contribution in [1.29, 1.82) is 0 Å². The van der Waals surface area contributed by atoms with Gasteiger partial charge in [0.25, 0.3) is 0 Å². The van der Waals surface area contributed by atoms with E-state index in [0.717, 1.165) is 37.4 Å². The summed E-state index contributed by atoms with van der Waals surface area (Å²) >= 11 is 0. The second kappa shape index (κ2) is 9.38. The van der Waals surface area contributed by atoms with Crippen LogP contribution in [0.1, 0.15) is 12.8 Å². The Morgan fingerprint density at radius 1 is 0.828 bits per heavy atom. The summed E-state index contributed by atoms with van der Waals surface area (Å²) in [6.45, 7) is 1.84. The highest BCUT2D eigenvalue weighted by Gasteiger charge is 2.17. The van der Waals surface area contributed by atoms with Crippen LogP contribution in [-0.4, -0.2) is 35.2 Å². The van der Waals surface area contributed by atoms with Crippen molar-refractivity contribution < 1.29 is 9.13 Å². The molecule has 1 aromatic heterocycles. The lowest BCUT2D eigenvalue weighted by Crippen LogP contribution is -2.21. The van der Waals surface area contributed by atoms with Crippen LogP contribution in [-0.2, 0) is 0 Å². The lowest BCUT2D eigenvalue weighted by atomic mass is 10.3. The SMILES string of the molecule is COc1ccc(Nc2nc(Nc3ccc(F)cc3)nc(N3CCCC3)n2)cc1.Cl. The second-order valence-corrected chi connectivity index (χ2v) is 6.46. The molecule has 2 N–H and O–H groups in total. The molecule has 0 spiro atoms. The molecular weight excluding hydrogens is 395 g/mol. The summed E-state index contributed by atoms with van der Waals surface area (Å²) < 4.78 is 18.3. The Morgan fingerprint density at radius 2 is 1.34 bits per heavy atom. The lowest BCUT2D eigenvalue weighted by molar-refractivity contribution is 0.415. The highest BCUT2D eigenvalue weighted by Crippen LogP contribution is 2.23. The van der Waals surface area contributed by atoms with Crippen LogP contribution in [0.2, 0.25) is 0 Å². The molecule has 2 aromatic carbocycles. The Hall–Kier alpha value is -3.13. The van der Waals surface area contributed by atoms with Crippen LogP contribution in [0.15, 0.2) is 48.5 Å². The molecule has 2 heterocycles. The third kappa shape index (κ3) is 5.23. The quantitative estimate of drug-likeness (QED) is 0.611. The second-order valence-electron chi connectivity index (χ2n) is 6.46. The summed E-state index contributed by atoms with van der Waals surface area (Å²) in [5.41, 5.74) is 1.54. The molecule has 0 saturated carbocycles. The van der Waals surface area contributed by atoms with Gasteiger partial charge in [-0.05, 0) is 61.4 Å². The molecule has 9 heteroatoms. The van der Waals surface area contributed by atoms with Crippen LogP contribution in [0.4, 0.5) is 33.6 Å². The van der Waals surface area contributed by atoms with Gasteiger partial charge in [-0.15, -0.1) is 12.4 Å². The fourth-order valence-corrected chi connectivity index (χ4v) is 3.00. The third-order valence-corrected chi connectivity index (χ3v) is 4.46. The van der Waals surface area contributed by atoms with Crippen LogP contribution < -0.4 is 20.3 Å². The molecular formula is C20H22ClFN6O. The first-order valence-electron chi connectivity index (χ1n) is 9.14. The standard InChI is InChI=1S/C20H21FN6O.ClH/c1-28-17-10-8-16(9-11-17)23-19-24-18(22-15-6-4-14(21)5-7-15)25-20(26-19)27-12-2-3-13-27;/h4-11H,2-3,12-13H2,1H3,(H2,22,23,24,25,26);1H. The summed E-state index contributed by atoms with van der Waals surface area (Å²) in [5.74, 6) is 1.94. The first-order chi connectivity index (χ1) is 13.7. The predicted octanol–water partition coefficient (Wildman–Crippen LogP) is 4.53. The number of benzene rings is 2. The molecule has 7 nitrogen and oxygen atoms in total. The molecule has 152 valence electrons. The Bertz CT molecular complexity index is 933. The molecule has 1 aliphatic heterocycles. The van der Waals surface area contributed by atoms with E-state index < -0.39 is 0 Å². The number of anilines is 5. The van der Waals surface area contributed by atoms with Crippen molar-refractivity contribution in [2.24, 2.45) is 0 Å². The van der Waals surface area contributed by atoms with E-state index in [4.69, 9.17) is 4.74 Å². The van der Waals surface area contributed by atoms with E-state index >= 15 is 0 Å². The number of nitrogens with one attached hydrogen (secondary N) is 2. The number of methoxy groups -OCH3 is 1. The van der Waals surface area contributed by atoms with Crippen molar-refractivity contribution in [3.05, 3.63) is 54.3 Å². The van der Waals surface area contributed by atoms with E-state index in [0.29, 0.717) is 23.5 Å². The van der Waals surface area contributed by atoms with Crippen LogP contribution in [0.3, 0.4) is 0 Å². The molecule has 1 fully saturated rings. The summed E-state index contributed by atoms with van der Waals surface area (Å²) in [4.78, 5) is 15.7. The zero-order valence-corrected chi connectivity index (χ0v) is 16.7. The van der Waals surface area contributed by atoms with Crippen LogP contribution in [0.25, 0.3) is 0 Å². The average molecular weight is 417 g/mol. The number of nitrogens with zero attached hydrogens (tertiary/aromatic N) is 4. The van der Waals surface area contributed by atoms with E-state index in [1.54, 1.807) is 19.2 Å². The molecule has 0 aliphatic carbocycles. The topological polar surface area (TPSA) is 75.2 Å². The molecule has 1 saturated heterocycles. The number of halogens is 2.